The average Bonchev–Trinajstić information content (AvgIpc) is 2.50. The third-order valence-corrected chi connectivity index (χ3v) is 3.26. The number of rotatable bonds is 4. The number of methoxy groups -OCH3 is 1. The van der Waals surface area contributed by atoms with E-state index in [1.807, 2.05) is 0 Å². The first-order valence-corrected chi connectivity index (χ1v) is 5.92. The van der Waals surface area contributed by atoms with Gasteiger partial charge in [0, 0.05) is 7.11 Å². The predicted octanol–water partition coefficient (Wildman–Crippen LogP) is 0.113. The molecule has 3 N–H and O–H groups in total. The van der Waals surface area contributed by atoms with Gasteiger partial charge in [0.15, 0.2) is 0 Å². The number of hydrogen-bond donors (Lipinski definition) is 2. The molecule has 1 saturated heterocycles. The van der Waals surface area contributed by atoms with Crippen LogP contribution in [-0.4, -0.2) is 43.7 Å². The summed E-state index contributed by atoms with van der Waals surface area (Å²) in [4.78, 5) is 13.8. The van der Waals surface area contributed by atoms with Crippen molar-refractivity contribution in [1.29, 1.82) is 0 Å². The van der Waals surface area contributed by atoms with Gasteiger partial charge in [-0.1, -0.05) is 6.92 Å². The van der Waals surface area contributed by atoms with Crippen molar-refractivity contribution >= 4 is 5.91 Å². The lowest BCUT2D eigenvalue weighted by molar-refractivity contribution is -0.128. The van der Waals surface area contributed by atoms with Gasteiger partial charge in [-0.2, -0.15) is 0 Å². The molecule has 5 nitrogen and oxygen atoms in total. The Morgan fingerprint density at radius 1 is 1.56 bits per heavy atom. The number of nitrogens with two attached hydrogens (primary N) is 1. The summed E-state index contributed by atoms with van der Waals surface area (Å²) in [6.45, 7) is 4.56. The Balaban J connectivity index is 2.58. The van der Waals surface area contributed by atoms with Crippen LogP contribution in [0.3, 0.4) is 0 Å². The molecule has 0 aromatic heterocycles. The van der Waals surface area contributed by atoms with Crippen LogP contribution in [0.15, 0.2) is 0 Å². The molecule has 0 saturated carbocycles. The Bertz CT molecular complexity index is 223. The van der Waals surface area contributed by atoms with Gasteiger partial charge >= 0.3 is 0 Å². The third kappa shape index (κ3) is 3.73. The van der Waals surface area contributed by atoms with Crippen LogP contribution < -0.4 is 11.3 Å². The maximum atomic E-state index is 11.6. The zero-order chi connectivity index (χ0) is 12.0. The van der Waals surface area contributed by atoms with Crippen LogP contribution in [0.2, 0.25) is 0 Å². The van der Waals surface area contributed by atoms with Gasteiger partial charge in [0.05, 0.1) is 6.61 Å². The number of nitrogens with zero attached hydrogens (tertiary/aromatic N) is 1. The van der Waals surface area contributed by atoms with Crippen LogP contribution in [-0.2, 0) is 9.53 Å². The summed E-state index contributed by atoms with van der Waals surface area (Å²) in [5.74, 6) is 5.78. The van der Waals surface area contributed by atoms with Crippen LogP contribution in [0.4, 0.5) is 0 Å². The first-order chi connectivity index (χ1) is 7.69. The highest BCUT2D eigenvalue weighted by atomic mass is 16.5. The second-order valence-electron chi connectivity index (χ2n) is 4.55. The minimum Gasteiger partial charge on any atom is -0.383 e. The Hall–Kier alpha value is -0.650. The van der Waals surface area contributed by atoms with Crippen molar-refractivity contribution in [2.75, 3.05) is 26.8 Å². The number of nitrogens with one attached hydrogen (secondary N) is 1. The minimum absolute atomic E-state index is 0.156. The van der Waals surface area contributed by atoms with Crippen LogP contribution in [0, 0.1) is 5.92 Å². The Morgan fingerprint density at radius 3 is 2.94 bits per heavy atom. The zero-order valence-corrected chi connectivity index (χ0v) is 10.2. The molecule has 0 aromatic rings. The number of likely N-dealkylation sites (tertiary alicyclic amines) is 1. The van der Waals surface area contributed by atoms with Crippen LogP contribution in [0.5, 0.6) is 0 Å². The van der Waals surface area contributed by atoms with Crippen LogP contribution in [0.25, 0.3) is 0 Å². The fourth-order valence-corrected chi connectivity index (χ4v) is 2.20. The van der Waals surface area contributed by atoms with Gasteiger partial charge in [0.2, 0.25) is 0 Å². The van der Waals surface area contributed by atoms with Gasteiger partial charge < -0.3 is 4.74 Å². The second-order valence-corrected chi connectivity index (χ2v) is 4.55. The molecule has 2 atom stereocenters. The fourth-order valence-electron chi connectivity index (χ4n) is 2.20. The summed E-state index contributed by atoms with van der Waals surface area (Å²) >= 11 is 0. The standard InChI is InChI=1S/C11H23N3O2/c1-9-4-3-6-14(7-5-9)10(8-16-2)11(15)13-12/h9-10H,3-8,12H2,1-2H3,(H,13,15). The molecule has 0 aliphatic carbocycles. The lowest BCUT2D eigenvalue weighted by Crippen LogP contribution is -2.51. The topological polar surface area (TPSA) is 67.6 Å². The van der Waals surface area contributed by atoms with Gasteiger partial charge in [-0.3, -0.25) is 15.1 Å². The van der Waals surface area contributed by atoms with E-state index in [0.29, 0.717) is 6.61 Å². The Morgan fingerprint density at radius 2 is 2.31 bits per heavy atom. The molecular formula is C11H23N3O2. The molecule has 1 heterocycles. The van der Waals surface area contributed by atoms with Crippen molar-refractivity contribution in [2.24, 2.45) is 11.8 Å². The number of carbonyl (C=O) groups is 1. The molecule has 2 unspecified atom stereocenters. The van der Waals surface area contributed by atoms with Gasteiger partial charge in [0.25, 0.3) is 5.91 Å². The van der Waals surface area contributed by atoms with E-state index in [2.05, 4.69) is 17.2 Å². The first-order valence-electron chi connectivity index (χ1n) is 5.92. The fraction of sp³-hybridized carbons (Fsp3) is 0.909. The molecule has 1 aliphatic heterocycles. The van der Waals surface area contributed by atoms with Crippen LogP contribution in [0.1, 0.15) is 26.2 Å². The summed E-state index contributed by atoms with van der Waals surface area (Å²) in [6.07, 6.45) is 3.51. The highest BCUT2D eigenvalue weighted by molar-refractivity contribution is 5.81. The van der Waals surface area contributed by atoms with E-state index >= 15 is 0 Å². The van der Waals surface area contributed by atoms with E-state index in [-0.39, 0.29) is 11.9 Å². The van der Waals surface area contributed by atoms with E-state index in [9.17, 15) is 4.79 Å². The molecule has 0 radical (unpaired) electrons. The Kier molecular flexibility index (Phi) is 5.73. The molecule has 1 aliphatic rings. The molecule has 0 aromatic carbocycles. The number of ether oxygens (including phenoxy) is 1. The summed E-state index contributed by atoms with van der Waals surface area (Å²) < 4.78 is 5.09. The van der Waals surface area contributed by atoms with Crippen molar-refractivity contribution in [3.8, 4) is 0 Å². The van der Waals surface area contributed by atoms with E-state index in [4.69, 9.17) is 10.6 Å². The monoisotopic (exact) mass is 229 g/mol. The van der Waals surface area contributed by atoms with Gasteiger partial charge in [0.1, 0.15) is 6.04 Å². The zero-order valence-electron chi connectivity index (χ0n) is 10.2. The lowest BCUT2D eigenvalue weighted by Gasteiger charge is -2.28. The average molecular weight is 229 g/mol. The van der Waals surface area contributed by atoms with E-state index in [1.165, 1.54) is 6.42 Å². The summed E-state index contributed by atoms with van der Waals surface area (Å²) in [5.41, 5.74) is 2.22. The maximum absolute atomic E-state index is 11.6. The Labute approximate surface area is 97.3 Å². The first kappa shape index (κ1) is 13.4. The molecule has 94 valence electrons. The van der Waals surface area contributed by atoms with E-state index in [0.717, 1.165) is 31.8 Å². The van der Waals surface area contributed by atoms with Crippen molar-refractivity contribution in [2.45, 2.75) is 32.2 Å². The lowest BCUT2D eigenvalue weighted by atomic mass is 10.0. The summed E-state index contributed by atoms with van der Waals surface area (Å²) in [7, 11) is 1.61. The van der Waals surface area contributed by atoms with Gasteiger partial charge in [-0.05, 0) is 38.3 Å². The van der Waals surface area contributed by atoms with Crippen molar-refractivity contribution < 1.29 is 9.53 Å². The van der Waals surface area contributed by atoms with Crippen LogP contribution >= 0.6 is 0 Å². The molecule has 1 amide bonds. The maximum Gasteiger partial charge on any atom is 0.253 e. The quantitative estimate of drug-likeness (QED) is 0.408. The highest BCUT2D eigenvalue weighted by Gasteiger charge is 2.26. The molecule has 1 rings (SSSR count). The van der Waals surface area contributed by atoms with Crippen molar-refractivity contribution in [3.63, 3.8) is 0 Å². The van der Waals surface area contributed by atoms with E-state index < -0.39 is 0 Å². The third-order valence-electron chi connectivity index (χ3n) is 3.26. The molecule has 1 fully saturated rings. The van der Waals surface area contributed by atoms with Crippen molar-refractivity contribution in [1.82, 2.24) is 10.3 Å². The summed E-state index contributed by atoms with van der Waals surface area (Å²) in [6, 6.07) is -0.250. The van der Waals surface area contributed by atoms with E-state index in [1.54, 1.807) is 7.11 Å². The molecule has 0 bridgehead atoms. The largest absolute Gasteiger partial charge is 0.383 e. The number of amides is 1. The SMILES string of the molecule is COCC(C(=O)NN)N1CCCC(C)CC1. The van der Waals surface area contributed by atoms with Gasteiger partial charge in [-0.25, -0.2) is 5.84 Å². The van der Waals surface area contributed by atoms with Crippen molar-refractivity contribution in [3.05, 3.63) is 0 Å². The molecule has 5 heteroatoms. The normalized spacial score (nSPS) is 24.8. The smallest absolute Gasteiger partial charge is 0.253 e. The minimum atomic E-state index is -0.250. The number of hydrazine groups is 1. The highest BCUT2D eigenvalue weighted by Crippen LogP contribution is 2.18. The van der Waals surface area contributed by atoms with Gasteiger partial charge in [-0.15, -0.1) is 0 Å². The predicted molar refractivity (Wildman–Crippen MR) is 62.6 cm³/mol. The molecule has 0 spiro atoms. The second kappa shape index (κ2) is 6.83. The summed E-state index contributed by atoms with van der Waals surface area (Å²) in [5, 5.41) is 0. The molecule has 16 heavy (non-hydrogen) atoms. The number of carbonyl (C=O) groups excluding carboxylic acids is 1. The number of hydrogen-bond acceptors (Lipinski definition) is 4. The molecular weight excluding hydrogens is 206 g/mol.